The molecule has 136 valence electrons. The van der Waals surface area contributed by atoms with E-state index >= 15 is 0 Å². The maximum atomic E-state index is 11.5. The van der Waals surface area contributed by atoms with Crippen molar-refractivity contribution in [2.75, 3.05) is 26.9 Å². The topological polar surface area (TPSA) is 129 Å². The largest absolute Gasteiger partial charge is 0.546 e. The van der Waals surface area contributed by atoms with Gasteiger partial charge >= 0.3 is 11.8 Å². The van der Waals surface area contributed by atoms with Crippen LogP contribution in [0.1, 0.15) is 12.0 Å². The molecule has 2 N–H and O–H groups in total. The fourth-order valence-corrected chi connectivity index (χ4v) is 2.08. The van der Waals surface area contributed by atoms with Crippen molar-refractivity contribution in [1.82, 2.24) is 10.7 Å². The van der Waals surface area contributed by atoms with Crippen molar-refractivity contribution < 1.29 is 29.0 Å². The van der Waals surface area contributed by atoms with Crippen molar-refractivity contribution in [3.8, 4) is 5.75 Å². The molecular formula is C15H17BrN3O6-. The zero-order valence-electron chi connectivity index (χ0n) is 13.4. The van der Waals surface area contributed by atoms with Crippen molar-refractivity contribution in [1.29, 1.82) is 0 Å². The highest BCUT2D eigenvalue weighted by Crippen LogP contribution is 2.25. The molecule has 2 amide bonds. The number of hydrogen-bond donors (Lipinski definition) is 2. The minimum Gasteiger partial charge on any atom is -0.546 e. The van der Waals surface area contributed by atoms with Gasteiger partial charge in [-0.25, -0.2) is 5.43 Å². The molecule has 25 heavy (non-hydrogen) atoms. The highest BCUT2D eigenvalue weighted by atomic mass is 79.9. The number of rotatable bonds is 9. The van der Waals surface area contributed by atoms with Gasteiger partial charge in [0.15, 0.2) is 0 Å². The summed E-state index contributed by atoms with van der Waals surface area (Å²) < 4.78 is 10.3. The van der Waals surface area contributed by atoms with E-state index in [0.717, 1.165) is 0 Å². The first-order chi connectivity index (χ1) is 11.9. The van der Waals surface area contributed by atoms with Crippen LogP contribution in [0.5, 0.6) is 5.75 Å². The lowest BCUT2D eigenvalue weighted by molar-refractivity contribution is -0.307. The summed E-state index contributed by atoms with van der Waals surface area (Å²) in [5.41, 5.74) is 2.69. The smallest absolute Gasteiger partial charge is 0.329 e. The number of benzene rings is 1. The predicted molar refractivity (Wildman–Crippen MR) is 89.9 cm³/mol. The average Bonchev–Trinajstić information content (AvgIpc) is 2.57. The number of hydrogen-bond acceptors (Lipinski definition) is 7. The normalized spacial score (nSPS) is 10.5. The molecule has 0 saturated carbocycles. The molecule has 0 saturated heterocycles. The minimum absolute atomic E-state index is 0.320. The van der Waals surface area contributed by atoms with Crippen LogP contribution in [0.15, 0.2) is 27.8 Å². The van der Waals surface area contributed by atoms with E-state index in [-0.39, 0.29) is 0 Å². The Morgan fingerprint density at radius 2 is 2.08 bits per heavy atom. The van der Waals surface area contributed by atoms with E-state index < -0.39 is 24.4 Å². The second-order valence-electron chi connectivity index (χ2n) is 4.65. The number of carboxylic acid groups (broad SMARTS) is 1. The van der Waals surface area contributed by atoms with Crippen molar-refractivity contribution in [3.05, 3.63) is 28.2 Å². The summed E-state index contributed by atoms with van der Waals surface area (Å²) in [6, 6.07) is 4.72. The first-order valence-corrected chi connectivity index (χ1v) is 7.95. The molecule has 1 rings (SSSR count). The number of ether oxygens (including phenoxy) is 2. The highest BCUT2D eigenvalue weighted by Gasteiger charge is 2.11. The summed E-state index contributed by atoms with van der Waals surface area (Å²) in [5, 5.41) is 16.5. The molecule has 0 fully saturated rings. The molecule has 0 aliphatic carbocycles. The van der Waals surface area contributed by atoms with E-state index in [4.69, 9.17) is 9.47 Å². The quantitative estimate of drug-likeness (QED) is 0.235. The number of nitrogens with one attached hydrogen (secondary N) is 2. The Morgan fingerprint density at radius 1 is 1.32 bits per heavy atom. The van der Waals surface area contributed by atoms with Crippen LogP contribution in [0, 0.1) is 0 Å². The monoisotopic (exact) mass is 414 g/mol. The van der Waals surface area contributed by atoms with E-state index in [1.54, 1.807) is 19.2 Å². The van der Waals surface area contributed by atoms with Gasteiger partial charge in [-0.2, -0.15) is 5.10 Å². The van der Waals surface area contributed by atoms with Gasteiger partial charge < -0.3 is 24.7 Å². The lowest BCUT2D eigenvalue weighted by atomic mass is 10.2. The van der Waals surface area contributed by atoms with Gasteiger partial charge in [-0.15, -0.1) is 0 Å². The summed E-state index contributed by atoms with van der Waals surface area (Å²) >= 11 is 3.22. The second-order valence-corrected chi connectivity index (χ2v) is 5.51. The third-order valence-electron chi connectivity index (χ3n) is 2.70. The molecule has 0 atom stereocenters. The molecule has 1 aromatic carbocycles. The minimum atomic E-state index is -1.33. The molecule has 0 aromatic heterocycles. The second kappa shape index (κ2) is 11.2. The standard InChI is InChI=1S/C15H18BrN3O6/c1-24-6-2-5-17-14(22)15(23)19-18-8-10-3-4-12(11(16)7-10)25-9-13(20)21/h3-4,7-8H,2,5-6,9H2,1H3,(H,17,22)(H,19,23)(H,20,21)/p-1/b18-8-. The van der Waals surface area contributed by atoms with Crippen LogP contribution in [-0.2, 0) is 19.1 Å². The molecule has 0 radical (unpaired) electrons. The third kappa shape index (κ3) is 8.27. The average molecular weight is 415 g/mol. The van der Waals surface area contributed by atoms with E-state index in [1.165, 1.54) is 12.3 Å². The molecule has 0 heterocycles. The lowest BCUT2D eigenvalue weighted by Crippen LogP contribution is -2.38. The zero-order valence-corrected chi connectivity index (χ0v) is 15.0. The van der Waals surface area contributed by atoms with Crippen molar-refractivity contribution in [2.24, 2.45) is 5.10 Å². The van der Waals surface area contributed by atoms with Gasteiger partial charge in [0.2, 0.25) is 0 Å². The number of hydrazone groups is 1. The Morgan fingerprint density at radius 3 is 2.72 bits per heavy atom. The number of carboxylic acids is 1. The van der Waals surface area contributed by atoms with E-state index in [2.05, 4.69) is 31.8 Å². The van der Waals surface area contributed by atoms with E-state index in [9.17, 15) is 19.5 Å². The number of aliphatic carboxylic acids is 1. The molecule has 0 bridgehead atoms. The summed E-state index contributed by atoms with van der Waals surface area (Å²) in [4.78, 5) is 33.3. The molecule has 0 aliphatic heterocycles. The van der Waals surface area contributed by atoms with E-state index in [1.807, 2.05) is 0 Å². The van der Waals surface area contributed by atoms with Crippen LogP contribution in [0.3, 0.4) is 0 Å². The fourth-order valence-electron chi connectivity index (χ4n) is 1.57. The maximum Gasteiger partial charge on any atom is 0.329 e. The van der Waals surface area contributed by atoms with Gasteiger partial charge in [0.1, 0.15) is 12.4 Å². The van der Waals surface area contributed by atoms with Crippen molar-refractivity contribution >= 4 is 39.9 Å². The first kappa shape index (κ1) is 20.6. The van der Waals surface area contributed by atoms with Gasteiger partial charge in [-0.05, 0) is 46.1 Å². The number of amides is 2. The first-order valence-electron chi connectivity index (χ1n) is 7.16. The molecule has 0 spiro atoms. The summed E-state index contributed by atoms with van der Waals surface area (Å²) in [6.07, 6.45) is 1.92. The Balaban J connectivity index is 2.47. The number of methoxy groups -OCH3 is 1. The lowest BCUT2D eigenvalue weighted by Gasteiger charge is -2.08. The third-order valence-corrected chi connectivity index (χ3v) is 3.32. The fraction of sp³-hybridized carbons (Fsp3) is 0.333. The Kier molecular flexibility index (Phi) is 9.19. The van der Waals surface area contributed by atoms with Crippen LogP contribution in [0.2, 0.25) is 0 Å². The number of nitrogens with zero attached hydrogens (tertiary/aromatic N) is 1. The number of carbonyl (C=O) groups is 3. The van der Waals surface area contributed by atoms with Gasteiger partial charge in [-0.3, -0.25) is 9.59 Å². The predicted octanol–water partition coefficient (Wildman–Crippen LogP) is -0.819. The zero-order chi connectivity index (χ0) is 18.7. The van der Waals surface area contributed by atoms with Crippen molar-refractivity contribution in [2.45, 2.75) is 6.42 Å². The number of halogens is 1. The molecule has 0 aliphatic rings. The van der Waals surface area contributed by atoms with Gasteiger partial charge in [0, 0.05) is 20.3 Å². The molecule has 10 heteroatoms. The highest BCUT2D eigenvalue weighted by molar-refractivity contribution is 9.10. The van der Waals surface area contributed by atoms with Crippen LogP contribution in [-0.4, -0.2) is 50.9 Å². The SMILES string of the molecule is COCCCNC(=O)C(=O)N/N=C\c1ccc(OCC(=O)[O-])c(Br)c1. The Hall–Kier alpha value is -2.46. The molecule has 9 nitrogen and oxygen atoms in total. The van der Waals surface area contributed by atoms with Gasteiger partial charge in [0.25, 0.3) is 0 Å². The van der Waals surface area contributed by atoms with Gasteiger partial charge in [-0.1, -0.05) is 0 Å². The summed E-state index contributed by atoms with van der Waals surface area (Å²) in [5.74, 6) is -2.69. The molecule has 0 unspecified atom stereocenters. The van der Waals surface area contributed by atoms with Crippen LogP contribution >= 0.6 is 15.9 Å². The number of carbonyl (C=O) groups excluding carboxylic acids is 3. The molecule has 1 aromatic rings. The maximum absolute atomic E-state index is 11.5. The summed E-state index contributed by atoms with van der Waals surface area (Å²) in [7, 11) is 1.55. The summed E-state index contributed by atoms with van der Waals surface area (Å²) in [6.45, 7) is 0.239. The van der Waals surface area contributed by atoms with E-state index in [0.29, 0.717) is 35.4 Å². The van der Waals surface area contributed by atoms with Crippen molar-refractivity contribution in [3.63, 3.8) is 0 Å². The van der Waals surface area contributed by atoms with Crippen LogP contribution in [0.25, 0.3) is 0 Å². The van der Waals surface area contributed by atoms with Gasteiger partial charge in [0.05, 0.1) is 16.7 Å². The van der Waals surface area contributed by atoms with Crippen LogP contribution < -0.4 is 20.6 Å². The van der Waals surface area contributed by atoms with Crippen LogP contribution in [0.4, 0.5) is 0 Å². The Bertz CT molecular complexity index is 650. The molecular weight excluding hydrogens is 398 g/mol. The Labute approximate surface area is 152 Å².